The Labute approximate surface area is 109 Å². The number of nitrogens with one attached hydrogen (secondary N) is 1. The van der Waals surface area contributed by atoms with E-state index in [1.54, 1.807) is 17.0 Å². The zero-order chi connectivity index (χ0) is 13.8. The summed E-state index contributed by atoms with van der Waals surface area (Å²) in [7, 11) is 0. The van der Waals surface area contributed by atoms with Crippen molar-refractivity contribution in [3.63, 3.8) is 0 Å². The maximum Gasteiger partial charge on any atom is 0.270 e. The minimum Gasteiger partial charge on any atom is -0.409 e. The van der Waals surface area contributed by atoms with Crippen molar-refractivity contribution >= 4 is 11.7 Å². The number of nitrogens with zero attached hydrogens (tertiary/aromatic N) is 2. The molecule has 7 heteroatoms. The highest BCUT2D eigenvalue weighted by atomic mass is 16.4. The molecule has 102 valence electrons. The van der Waals surface area contributed by atoms with Crippen LogP contribution in [-0.2, 0) is 0 Å². The summed E-state index contributed by atoms with van der Waals surface area (Å²) >= 11 is 0. The van der Waals surface area contributed by atoms with E-state index in [9.17, 15) is 9.59 Å². The van der Waals surface area contributed by atoms with Gasteiger partial charge in [-0.2, -0.15) is 0 Å². The fraction of sp³-hybridized carbons (Fsp3) is 0.417. The van der Waals surface area contributed by atoms with Crippen molar-refractivity contribution in [3.8, 4) is 0 Å². The number of hydrogen-bond donors (Lipinski definition) is 3. The van der Waals surface area contributed by atoms with Gasteiger partial charge in [0.1, 0.15) is 11.5 Å². The molecule has 0 aliphatic carbocycles. The third-order valence-electron chi connectivity index (χ3n) is 3.31. The van der Waals surface area contributed by atoms with E-state index in [4.69, 9.17) is 10.9 Å². The average Bonchev–Trinajstić information content (AvgIpc) is 2.46. The minimum absolute atomic E-state index is 0.00359. The third-order valence-corrected chi connectivity index (χ3v) is 3.31. The largest absolute Gasteiger partial charge is 0.409 e. The van der Waals surface area contributed by atoms with Crippen LogP contribution in [0.25, 0.3) is 0 Å². The Hall–Kier alpha value is -2.31. The normalized spacial score (nSPS) is 17.5. The smallest absolute Gasteiger partial charge is 0.270 e. The van der Waals surface area contributed by atoms with Crippen LogP contribution in [0.15, 0.2) is 28.1 Å². The van der Waals surface area contributed by atoms with E-state index in [1.165, 1.54) is 6.07 Å². The molecule has 1 aliphatic rings. The van der Waals surface area contributed by atoms with Crippen LogP contribution in [0.2, 0.25) is 0 Å². The summed E-state index contributed by atoms with van der Waals surface area (Å²) in [5, 5.41) is 11.6. The minimum atomic E-state index is -0.294. The van der Waals surface area contributed by atoms with Crippen LogP contribution in [0.3, 0.4) is 0 Å². The van der Waals surface area contributed by atoms with Crippen molar-refractivity contribution in [2.24, 2.45) is 16.8 Å². The molecular weight excluding hydrogens is 248 g/mol. The molecule has 0 unspecified atom stereocenters. The van der Waals surface area contributed by atoms with E-state index in [0.29, 0.717) is 25.9 Å². The summed E-state index contributed by atoms with van der Waals surface area (Å²) in [5.74, 6) is 0.0137. The zero-order valence-corrected chi connectivity index (χ0v) is 10.4. The van der Waals surface area contributed by atoms with E-state index in [-0.39, 0.29) is 28.9 Å². The quantitative estimate of drug-likeness (QED) is 0.301. The number of rotatable bonds is 2. The number of piperidine rings is 1. The fourth-order valence-corrected chi connectivity index (χ4v) is 2.20. The number of pyridine rings is 1. The molecule has 2 heterocycles. The Morgan fingerprint density at radius 3 is 2.68 bits per heavy atom. The van der Waals surface area contributed by atoms with Gasteiger partial charge in [-0.25, -0.2) is 0 Å². The van der Waals surface area contributed by atoms with Crippen molar-refractivity contribution in [1.29, 1.82) is 0 Å². The van der Waals surface area contributed by atoms with Gasteiger partial charge < -0.3 is 20.8 Å². The van der Waals surface area contributed by atoms with Crippen molar-refractivity contribution in [2.45, 2.75) is 12.8 Å². The van der Waals surface area contributed by atoms with E-state index >= 15 is 0 Å². The lowest BCUT2D eigenvalue weighted by atomic mass is 9.95. The summed E-state index contributed by atoms with van der Waals surface area (Å²) in [5.41, 5.74) is 5.54. The Morgan fingerprint density at radius 2 is 2.11 bits per heavy atom. The van der Waals surface area contributed by atoms with Crippen molar-refractivity contribution in [1.82, 2.24) is 9.88 Å². The molecular formula is C12H16N4O3. The zero-order valence-electron chi connectivity index (χ0n) is 10.4. The van der Waals surface area contributed by atoms with Crippen molar-refractivity contribution in [3.05, 3.63) is 34.2 Å². The van der Waals surface area contributed by atoms with Gasteiger partial charge in [-0.15, -0.1) is 0 Å². The first kappa shape index (κ1) is 13.1. The highest BCUT2D eigenvalue weighted by molar-refractivity contribution is 5.92. The van der Waals surface area contributed by atoms with Crippen LogP contribution < -0.4 is 11.3 Å². The van der Waals surface area contributed by atoms with Gasteiger partial charge in [0.25, 0.3) is 5.91 Å². The molecule has 4 N–H and O–H groups in total. The molecule has 19 heavy (non-hydrogen) atoms. The van der Waals surface area contributed by atoms with Gasteiger partial charge in [-0.05, 0) is 18.9 Å². The number of likely N-dealkylation sites (tertiary alicyclic amines) is 1. The molecule has 0 spiro atoms. The molecule has 1 saturated heterocycles. The average molecular weight is 264 g/mol. The molecule has 1 amide bonds. The second-order valence-corrected chi connectivity index (χ2v) is 4.52. The molecule has 1 aromatic heterocycles. The second-order valence-electron chi connectivity index (χ2n) is 4.52. The number of H-pyrrole nitrogens is 1. The highest BCUT2D eigenvalue weighted by Gasteiger charge is 2.26. The summed E-state index contributed by atoms with van der Waals surface area (Å²) in [4.78, 5) is 27.5. The van der Waals surface area contributed by atoms with E-state index in [1.807, 2.05) is 0 Å². The summed E-state index contributed by atoms with van der Waals surface area (Å²) in [6.07, 6.45) is 1.30. The molecule has 0 saturated carbocycles. The van der Waals surface area contributed by atoms with Crippen LogP contribution >= 0.6 is 0 Å². The first-order valence-corrected chi connectivity index (χ1v) is 6.08. The van der Waals surface area contributed by atoms with Gasteiger partial charge >= 0.3 is 0 Å². The molecule has 1 aromatic rings. The predicted molar refractivity (Wildman–Crippen MR) is 69.1 cm³/mol. The van der Waals surface area contributed by atoms with Gasteiger partial charge in [-0.3, -0.25) is 9.59 Å². The lowest BCUT2D eigenvalue weighted by Gasteiger charge is -2.31. The standard InChI is InChI=1S/C12H16N4O3/c13-11(15-19)8-4-6-16(7-5-8)12(18)9-2-1-3-10(17)14-9/h1-3,8,19H,4-7H2,(H2,13,15)(H,14,17). The maximum absolute atomic E-state index is 12.1. The van der Waals surface area contributed by atoms with Crippen LogP contribution in [0.5, 0.6) is 0 Å². The second kappa shape index (κ2) is 5.55. The topological polar surface area (TPSA) is 112 Å². The number of carbonyl (C=O) groups excluding carboxylic acids is 1. The number of hydrogen-bond acceptors (Lipinski definition) is 4. The molecule has 7 nitrogen and oxygen atoms in total. The van der Waals surface area contributed by atoms with Gasteiger partial charge in [0, 0.05) is 25.1 Å². The Balaban J connectivity index is 2.02. The molecule has 1 aliphatic heterocycles. The Kier molecular flexibility index (Phi) is 3.84. The lowest BCUT2D eigenvalue weighted by Crippen LogP contribution is -2.42. The molecule has 2 rings (SSSR count). The first-order valence-electron chi connectivity index (χ1n) is 6.08. The van der Waals surface area contributed by atoms with Crippen LogP contribution in [0.4, 0.5) is 0 Å². The number of oxime groups is 1. The molecule has 0 radical (unpaired) electrons. The Bertz CT molecular complexity index is 544. The fourth-order valence-electron chi connectivity index (χ4n) is 2.20. The van der Waals surface area contributed by atoms with Gasteiger partial charge in [0.15, 0.2) is 0 Å². The molecule has 0 aromatic carbocycles. The molecule has 0 bridgehead atoms. The summed E-state index contributed by atoms with van der Waals surface area (Å²) < 4.78 is 0. The van der Waals surface area contributed by atoms with Crippen LogP contribution in [0.1, 0.15) is 23.3 Å². The first-order chi connectivity index (χ1) is 9.11. The van der Waals surface area contributed by atoms with Crippen molar-refractivity contribution in [2.75, 3.05) is 13.1 Å². The number of amidine groups is 1. The predicted octanol–water partition coefficient (Wildman–Crippen LogP) is -0.0265. The van der Waals surface area contributed by atoms with Gasteiger partial charge in [0.2, 0.25) is 5.56 Å². The van der Waals surface area contributed by atoms with E-state index in [0.717, 1.165) is 0 Å². The third kappa shape index (κ3) is 2.93. The van der Waals surface area contributed by atoms with Crippen LogP contribution in [0, 0.1) is 5.92 Å². The Morgan fingerprint density at radius 1 is 1.42 bits per heavy atom. The SMILES string of the molecule is N/C(=N/O)C1CCN(C(=O)c2cccc(=O)[nH]2)CC1. The summed E-state index contributed by atoms with van der Waals surface area (Å²) in [6.45, 7) is 1.05. The maximum atomic E-state index is 12.1. The number of aromatic amines is 1. The summed E-state index contributed by atoms with van der Waals surface area (Å²) in [6, 6.07) is 4.50. The monoisotopic (exact) mass is 264 g/mol. The van der Waals surface area contributed by atoms with Gasteiger partial charge in [-0.1, -0.05) is 11.2 Å². The van der Waals surface area contributed by atoms with E-state index < -0.39 is 0 Å². The number of nitrogens with two attached hydrogens (primary N) is 1. The number of amides is 1. The van der Waals surface area contributed by atoms with Crippen molar-refractivity contribution < 1.29 is 10.0 Å². The lowest BCUT2D eigenvalue weighted by molar-refractivity contribution is 0.0703. The van der Waals surface area contributed by atoms with Crippen LogP contribution in [-0.4, -0.2) is 39.9 Å². The van der Waals surface area contributed by atoms with Gasteiger partial charge in [0.05, 0.1) is 0 Å². The molecule has 0 atom stereocenters. The number of carbonyl (C=O) groups is 1. The van der Waals surface area contributed by atoms with E-state index in [2.05, 4.69) is 10.1 Å². The highest BCUT2D eigenvalue weighted by Crippen LogP contribution is 2.18. The molecule has 1 fully saturated rings. The number of aromatic nitrogens is 1.